The molecule has 33 heavy (non-hydrogen) atoms. The fraction of sp³-hybridized carbons (Fsp3) is 0.200. The van der Waals surface area contributed by atoms with Gasteiger partial charge in [-0.25, -0.2) is 22.4 Å². The number of benzene rings is 2. The molecule has 2 aromatic carbocycles. The number of sulfonamides is 1. The first-order valence-electron chi connectivity index (χ1n) is 10.7. The van der Waals surface area contributed by atoms with Crippen molar-refractivity contribution in [3.63, 3.8) is 0 Å². The molecule has 168 valence electrons. The van der Waals surface area contributed by atoms with E-state index in [1.165, 1.54) is 4.31 Å². The van der Waals surface area contributed by atoms with Crippen LogP contribution in [-0.2, 0) is 16.4 Å². The van der Waals surface area contributed by atoms with Gasteiger partial charge in [-0.2, -0.15) is 0 Å². The van der Waals surface area contributed by atoms with Crippen LogP contribution in [0.1, 0.15) is 22.3 Å². The molecule has 0 saturated heterocycles. The van der Waals surface area contributed by atoms with E-state index in [9.17, 15) is 13.2 Å². The van der Waals surface area contributed by atoms with Crippen LogP contribution in [0.5, 0.6) is 0 Å². The Morgan fingerprint density at radius 3 is 2.45 bits per heavy atom. The minimum Gasteiger partial charge on any atom is -0.290 e. The van der Waals surface area contributed by atoms with E-state index in [2.05, 4.69) is 10.1 Å². The van der Waals surface area contributed by atoms with Crippen molar-refractivity contribution in [1.29, 1.82) is 0 Å². The second-order valence-electron chi connectivity index (χ2n) is 8.41. The molecule has 1 aliphatic heterocycles. The number of anilines is 1. The summed E-state index contributed by atoms with van der Waals surface area (Å²) in [5.74, 6) is 0.311. The van der Waals surface area contributed by atoms with Gasteiger partial charge in [-0.3, -0.25) is 9.89 Å². The fourth-order valence-electron chi connectivity index (χ4n) is 4.24. The van der Waals surface area contributed by atoms with E-state index in [1.807, 2.05) is 39.0 Å². The summed E-state index contributed by atoms with van der Waals surface area (Å²) in [6.07, 6.45) is 1.84. The molecule has 4 aromatic rings. The molecule has 0 bridgehead atoms. The number of nitrogens with zero attached hydrogens (tertiary/aromatic N) is 3. The first kappa shape index (κ1) is 21.2. The van der Waals surface area contributed by atoms with Crippen molar-refractivity contribution in [2.24, 2.45) is 0 Å². The lowest BCUT2D eigenvalue weighted by atomic mass is 10.1. The van der Waals surface area contributed by atoms with Crippen molar-refractivity contribution in [1.82, 2.24) is 14.8 Å². The van der Waals surface area contributed by atoms with Crippen LogP contribution in [0.3, 0.4) is 0 Å². The molecular weight excluding hydrogens is 436 g/mol. The molecule has 0 amide bonds. The zero-order valence-corrected chi connectivity index (χ0v) is 19.5. The van der Waals surface area contributed by atoms with E-state index in [4.69, 9.17) is 0 Å². The number of aromatic nitrogens is 3. The van der Waals surface area contributed by atoms with Gasteiger partial charge in [0.25, 0.3) is 15.6 Å². The Hall–Kier alpha value is -3.65. The summed E-state index contributed by atoms with van der Waals surface area (Å²) in [7, 11) is -3.85. The monoisotopic (exact) mass is 460 g/mol. The fourth-order valence-corrected chi connectivity index (χ4v) is 5.68. The van der Waals surface area contributed by atoms with Crippen molar-refractivity contribution in [2.75, 3.05) is 10.8 Å². The summed E-state index contributed by atoms with van der Waals surface area (Å²) in [5.41, 5.74) is 5.33. The smallest absolute Gasteiger partial charge is 0.275 e. The molecule has 1 aliphatic rings. The lowest BCUT2D eigenvalue weighted by Crippen LogP contribution is -2.34. The summed E-state index contributed by atoms with van der Waals surface area (Å²) in [5, 5.41) is 3.24. The van der Waals surface area contributed by atoms with Gasteiger partial charge in [-0.1, -0.05) is 29.8 Å². The van der Waals surface area contributed by atoms with E-state index in [1.54, 1.807) is 47.3 Å². The zero-order chi connectivity index (χ0) is 23.3. The zero-order valence-electron chi connectivity index (χ0n) is 18.7. The normalized spacial score (nSPS) is 13.4. The third-order valence-corrected chi connectivity index (χ3v) is 7.86. The summed E-state index contributed by atoms with van der Waals surface area (Å²) in [4.78, 5) is 18.1. The van der Waals surface area contributed by atoms with E-state index < -0.39 is 10.0 Å². The second-order valence-corrected chi connectivity index (χ2v) is 10.3. The third kappa shape index (κ3) is 3.47. The molecule has 0 aliphatic carbocycles. The predicted molar refractivity (Wildman–Crippen MR) is 129 cm³/mol. The number of rotatable bonds is 3. The Kier molecular flexibility index (Phi) is 4.97. The molecule has 0 atom stereocenters. The highest BCUT2D eigenvalue weighted by molar-refractivity contribution is 7.92. The van der Waals surface area contributed by atoms with Crippen LogP contribution in [0, 0.1) is 20.8 Å². The lowest BCUT2D eigenvalue weighted by Gasteiger charge is -2.23. The van der Waals surface area contributed by atoms with Crippen molar-refractivity contribution >= 4 is 15.8 Å². The third-order valence-electron chi connectivity index (χ3n) is 6.06. The van der Waals surface area contributed by atoms with E-state index in [0.717, 1.165) is 22.4 Å². The summed E-state index contributed by atoms with van der Waals surface area (Å²) in [6.45, 7) is 5.97. The first-order chi connectivity index (χ1) is 15.8. The molecule has 1 N–H and O–H groups in total. The van der Waals surface area contributed by atoms with Crippen molar-refractivity contribution < 1.29 is 8.42 Å². The van der Waals surface area contributed by atoms with Crippen LogP contribution in [0.25, 0.3) is 16.9 Å². The van der Waals surface area contributed by atoms with Gasteiger partial charge in [0.2, 0.25) is 0 Å². The van der Waals surface area contributed by atoms with E-state index in [-0.39, 0.29) is 23.4 Å². The van der Waals surface area contributed by atoms with Gasteiger partial charge in [-0.15, -0.1) is 0 Å². The Balaban J connectivity index is 1.68. The molecule has 3 heterocycles. The number of nitrogens with one attached hydrogen (secondary N) is 1. The van der Waals surface area contributed by atoms with Gasteiger partial charge >= 0.3 is 0 Å². The second kappa shape index (κ2) is 7.74. The average molecular weight is 461 g/mol. The molecule has 2 aromatic heterocycles. The van der Waals surface area contributed by atoms with Crippen LogP contribution < -0.4 is 9.86 Å². The number of aryl methyl sites for hydroxylation is 3. The Bertz CT molecular complexity index is 1530. The first-order valence-corrected chi connectivity index (χ1v) is 12.2. The molecule has 8 heteroatoms. The molecule has 0 fully saturated rings. The van der Waals surface area contributed by atoms with Crippen LogP contribution in [0.2, 0.25) is 0 Å². The van der Waals surface area contributed by atoms with Gasteiger partial charge in [-0.05, 0) is 68.7 Å². The van der Waals surface area contributed by atoms with Crippen LogP contribution in [-0.4, -0.2) is 29.7 Å². The Morgan fingerprint density at radius 1 is 0.970 bits per heavy atom. The van der Waals surface area contributed by atoms with Crippen molar-refractivity contribution in [3.8, 4) is 16.9 Å². The average Bonchev–Trinajstić information content (AvgIpc) is 3.02. The highest BCUT2D eigenvalue weighted by atomic mass is 32.2. The number of hydrogen-bond donors (Lipinski definition) is 1. The molecule has 0 spiro atoms. The Labute approximate surface area is 192 Å². The quantitative estimate of drug-likeness (QED) is 0.502. The minimum absolute atomic E-state index is 0.118. The van der Waals surface area contributed by atoms with E-state index in [0.29, 0.717) is 22.6 Å². The van der Waals surface area contributed by atoms with Crippen molar-refractivity contribution in [2.45, 2.75) is 32.1 Å². The molecule has 5 rings (SSSR count). The van der Waals surface area contributed by atoms with Gasteiger partial charge in [0.15, 0.2) is 5.82 Å². The topological polar surface area (TPSA) is 88.1 Å². The SMILES string of the molecule is Cc1ccc(S(=O)(=O)N2CCc3c([nH]n(-c4cc(C)ccc4C)c3=O)-c3cccnc32)cc1. The van der Waals surface area contributed by atoms with Gasteiger partial charge in [0.05, 0.1) is 16.3 Å². The standard InChI is InChI=1S/C25H24N4O3S/c1-16-7-10-19(11-8-16)33(31,32)28-14-12-21-23(20-5-4-13-26-24(20)28)27-29(25(21)30)22-15-17(2)6-9-18(22)3/h4-11,13,15,27H,12,14H2,1-3H3. The molecular formula is C25H24N4O3S. The predicted octanol–water partition coefficient (Wildman–Crippen LogP) is 3.90. The highest BCUT2D eigenvalue weighted by Crippen LogP contribution is 2.36. The van der Waals surface area contributed by atoms with Gasteiger partial charge < -0.3 is 0 Å². The van der Waals surface area contributed by atoms with Crippen LogP contribution in [0.15, 0.2) is 70.5 Å². The summed E-state index contributed by atoms with van der Waals surface area (Å²) >= 11 is 0. The summed E-state index contributed by atoms with van der Waals surface area (Å²) < 4.78 is 29.9. The van der Waals surface area contributed by atoms with Crippen molar-refractivity contribution in [3.05, 3.63) is 93.4 Å². The molecule has 0 unspecified atom stereocenters. The van der Waals surface area contributed by atoms with Crippen LogP contribution >= 0.6 is 0 Å². The van der Waals surface area contributed by atoms with E-state index >= 15 is 0 Å². The molecule has 7 nitrogen and oxygen atoms in total. The van der Waals surface area contributed by atoms with Gasteiger partial charge in [0.1, 0.15) is 0 Å². The number of H-pyrrole nitrogens is 1. The number of aromatic amines is 1. The maximum absolute atomic E-state index is 13.5. The number of fused-ring (bicyclic) bond motifs is 3. The lowest BCUT2D eigenvalue weighted by molar-refractivity contribution is 0.590. The Morgan fingerprint density at radius 2 is 1.70 bits per heavy atom. The number of pyridine rings is 1. The molecule has 0 radical (unpaired) electrons. The van der Waals surface area contributed by atoms with Crippen LogP contribution in [0.4, 0.5) is 5.82 Å². The van der Waals surface area contributed by atoms with Gasteiger partial charge in [0, 0.05) is 23.9 Å². The maximum atomic E-state index is 13.5. The number of hydrogen-bond acceptors (Lipinski definition) is 4. The summed E-state index contributed by atoms with van der Waals surface area (Å²) in [6, 6.07) is 16.2. The highest BCUT2D eigenvalue weighted by Gasteiger charge is 2.33. The molecule has 0 saturated carbocycles. The maximum Gasteiger partial charge on any atom is 0.275 e. The minimum atomic E-state index is -3.85. The largest absolute Gasteiger partial charge is 0.290 e.